The molecule has 0 bridgehead atoms. The molecule has 2 aromatic rings. The molecule has 0 spiro atoms. The molecule has 1 unspecified atom stereocenters. The predicted octanol–water partition coefficient (Wildman–Crippen LogP) is 6.15. The second-order valence-electron chi connectivity index (χ2n) is 6.68. The van der Waals surface area contributed by atoms with E-state index in [1.54, 1.807) is 12.1 Å². The number of benzene rings is 2. The maximum Gasteiger partial charge on any atom is 0.123 e. The van der Waals surface area contributed by atoms with Crippen molar-refractivity contribution in [3.63, 3.8) is 0 Å². The zero-order valence-electron chi connectivity index (χ0n) is 14.5. The van der Waals surface area contributed by atoms with Crippen LogP contribution in [0.2, 0.25) is 0 Å². The highest BCUT2D eigenvalue weighted by Gasteiger charge is 2.19. The van der Waals surface area contributed by atoms with Crippen LogP contribution in [0.3, 0.4) is 0 Å². The molecule has 0 aromatic heterocycles. The summed E-state index contributed by atoms with van der Waals surface area (Å²) in [6.07, 6.45) is 9.27. The Morgan fingerprint density at radius 2 is 1.96 bits per heavy atom. The van der Waals surface area contributed by atoms with Crippen LogP contribution in [-0.2, 0) is 6.42 Å². The van der Waals surface area contributed by atoms with Gasteiger partial charge < -0.3 is 0 Å². The van der Waals surface area contributed by atoms with Crippen molar-refractivity contribution in [2.45, 2.75) is 20.3 Å². The molecule has 4 rings (SSSR count). The van der Waals surface area contributed by atoms with Crippen LogP contribution in [0.5, 0.6) is 0 Å². The monoisotopic (exact) mass is 329 g/mol. The van der Waals surface area contributed by atoms with Gasteiger partial charge in [-0.1, -0.05) is 48.9 Å². The first-order chi connectivity index (χ1) is 12.1. The van der Waals surface area contributed by atoms with Crippen molar-refractivity contribution in [3.8, 4) is 0 Å². The Morgan fingerprint density at radius 3 is 2.80 bits per heavy atom. The summed E-state index contributed by atoms with van der Waals surface area (Å²) < 4.78 is 13.9. The number of rotatable bonds is 2. The third-order valence-electron chi connectivity index (χ3n) is 5.05. The van der Waals surface area contributed by atoms with Gasteiger partial charge in [0.15, 0.2) is 0 Å². The first kappa shape index (κ1) is 15.8. The number of hydrogen-bond donors (Lipinski definition) is 0. The van der Waals surface area contributed by atoms with Crippen LogP contribution in [0.15, 0.2) is 71.3 Å². The van der Waals surface area contributed by atoms with Crippen LogP contribution in [0.4, 0.5) is 10.1 Å². The molecule has 0 fully saturated rings. The van der Waals surface area contributed by atoms with E-state index in [2.05, 4.69) is 55.3 Å². The van der Waals surface area contributed by atoms with Gasteiger partial charge in [0.1, 0.15) is 5.82 Å². The molecule has 1 atom stereocenters. The molecule has 0 amide bonds. The number of halogens is 1. The Balaban J connectivity index is 1.89. The highest BCUT2D eigenvalue weighted by molar-refractivity contribution is 6.07. The molecule has 1 nitrogen and oxygen atoms in total. The fraction of sp³-hybridized carbons (Fsp3) is 0.174. The molecule has 124 valence electrons. The Labute approximate surface area is 147 Å². The average Bonchev–Trinajstić information content (AvgIpc) is 3.02. The van der Waals surface area contributed by atoms with Crippen LogP contribution < -0.4 is 0 Å². The van der Waals surface area contributed by atoms with E-state index in [-0.39, 0.29) is 5.82 Å². The third-order valence-corrected chi connectivity index (χ3v) is 5.05. The molecule has 1 aliphatic heterocycles. The fourth-order valence-electron chi connectivity index (χ4n) is 3.54. The molecule has 2 heteroatoms. The summed E-state index contributed by atoms with van der Waals surface area (Å²) in [6.45, 7) is 4.32. The Bertz CT molecular complexity index is 960. The van der Waals surface area contributed by atoms with E-state index in [0.29, 0.717) is 5.92 Å². The summed E-state index contributed by atoms with van der Waals surface area (Å²) in [7, 11) is 0. The summed E-state index contributed by atoms with van der Waals surface area (Å²) in [5, 5.41) is 0. The third kappa shape index (κ3) is 2.89. The van der Waals surface area contributed by atoms with Crippen molar-refractivity contribution in [1.29, 1.82) is 0 Å². The van der Waals surface area contributed by atoms with E-state index in [4.69, 9.17) is 0 Å². The molecule has 0 radical (unpaired) electrons. The quantitative estimate of drug-likeness (QED) is 0.627. The lowest BCUT2D eigenvalue weighted by molar-refractivity contribution is 0.627. The van der Waals surface area contributed by atoms with E-state index in [0.717, 1.165) is 34.4 Å². The van der Waals surface area contributed by atoms with E-state index >= 15 is 0 Å². The molecule has 0 saturated carbocycles. The van der Waals surface area contributed by atoms with Crippen molar-refractivity contribution in [3.05, 3.63) is 88.8 Å². The molecule has 0 saturated heterocycles. The molecule has 2 aliphatic rings. The van der Waals surface area contributed by atoms with E-state index in [1.165, 1.54) is 17.2 Å². The first-order valence-electron chi connectivity index (χ1n) is 8.65. The second-order valence-corrected chi connectivity index (χ2v) is 6.68. The lowest BCUT2D eigenvalue weighted by Gasteiger charge is -2.18. The number of fused-ring (bicyclic) bond motifs is 1. The minimum atomic E-state index is -0.204. The minimum Gasteiger partial charge on any atom is -0.261 e. The zero-order valence-corrected chi connectivity index (χ0v) is 14.5. The van der Waals surface area contributed by atoms with E-state index in [1.807, 2.05) is 12.3 Å². The molecule has 25 heavy (non-hydrogen) atoms. The fourth-order valence-corrected chi connectivity index (χ4v) is 3.54. The van der Waals surface area contributed by atoms with Gasteiger partial charge in [-0.2, -0.15) is 0 Å². The molecular weight excluding hydrogens is 309 g/mol. The van der Waals surface area contributed by atoms with Gasteiger partial charge in [0.2, 0.25) is 0 Å². The lowest BCUT2D eigenvalue weighted by atomic mass is 9.85. The first-order valence-corrected chi connectivity index (χ1v) is 8.65. The van der Waals surface area contributed by atoms with Crippen LogP contribution in [-0.4, -0.2) is 6.21 Å². The van der Waals surface area contributed by atoms with Crippen LogP contribution in [0, 0.1) is 11.7 Å². The van der Waals surface area contributed by atoms with Crippen LogP contribution in [0.25, 0.3) is 11.1 Å². The second kappa shape index (κ2) is 6.29. The summed E-state index contributed by atoms with van der Waals surface area (Å²) in [4.78, 5) is 4.40. The van der Waals surface area contributed by atoms with Crippen molar-refractivity contribution in [2.75, 3.05) is 0 Å². The Hall–Kier alpha value is -2.74. The van der Waals surface area contributed by atoms with Crippen molar-refractivity contribution >= 4 is 23.0 Å². The largest absolute Gasteiger partial charge is 0.261 e. The van der Waals surface area contributed by atoms with E-state index in [9.17, 15) is 4.39 Å². The topological polar surface area (TPSA) is 12.4 Å². The molecular formula is C23H20FN. The number of hydrogen-bond acceptors (Lipinski definition) is 1. The SMILES string of the molecule is CC1=C(c2cccc(F)c2)C(c2ccc3c(c2)CC=N3)=CC=CC1C. The molecule has 0 N–H and O–H groups in total. The number of aliphatic imine (C=N–C) groups is 1. The van der Waals surface area contributed by atoms with Gasteiger partial charge >= 0.3 is 0 Å². The van der Waals surface area contributed by atoms with Crippen molar-refractivity contribution in [2.24, 2.45) is 10.9 Å². The van der Waals surface area contributed by atoms with Gasteiger partial charge in [-0.15, -0.1) is 0 Å². The lowest BCUT2D eigenvalue weighted by Crippen LogP contribution is -1.99. The average molecular weight is 329 g/mol. The van der Waals surface area contributed by atoms with Gasteiger partial charge in [-0.25, -0.2) is 4.39 Å². The molecule has 1 aliphatic carbocycles. The van der Waals surface area contributed by atoms with Crippen molar-refractivity contribution < 1.29 is 4.39 Å². The summed E-state index contributed by atoms with van der Waals surface area (Å²) in [5.74, 6) is 0.106. The molecule has 2 aromatic carbocycles. The van der Waals surface area contributed by atoms with Gasteiger partial charge in [0, 0.05) is 12.6 Å². The highest BCUT2D eigenvalue weighted by atomic mass is 19.1. The maximum absolute atomic E-state index is 13.9. The van der Waals surface area contributed by atoms with Crippen LogP contribution >= 0.6 is 0 Å². The Morgan fingerprint density at radius 1 is 1.08 bits per heavy atom. The van der Waals surface area contributed by atoms with E-state index < -0.39 is 0 Å². The van der Waals surface area contributed by atoms with Crippen LogP contribution in [0.1, 0.15) is 30.5 Å². The smallest absolute Gasteiger partial charge is 0.123 e. The number of nitrogens with zero attached hydrogens (tertiary/aromatic N) is 1. The summed E-state index contributed by atoms with van der Waals surface area (Å²) in [6, 6.07) is 13.3. The van der Waals surface area contributed by atoms with Gasteiger partial charge in [0.05, 0.1) is 5.69 Å². The number of allylic oxidation sites excluding steroid dienone is 6. The highest BCUT2D eigenvalue weighted by Crippen LogP contribution is 2.40. The normalized spacial score (nSPS) is 19.0. The maximum atomic E-state index is 13.9. The standard InChI is InChI=1S/C23H20FN/c1-15-5-3-8-21(17-9-10-22-18(13-17)11-12-25-22)23(16(15)2)19-6-4-7-20(24)14-19/h3-10,12-15H,11H2,1-2H3. The minimum absolute atomic E-state index is 0.204. The van der Waals surface area contributed by atoms with Gasteiger partial charge in [0.25, 0.3) is 0 Å². The van der Waals surface area contributed by atoms with Gasteiger partial charge in [-0.3, -0.25) is 4.99 Å². The predicted molar refractivity (Wildman–Crippen MR) is 104 cm³/mol. The zero-order chi connectivity index (χ0) is 17.4. The van der Waals surface area contributed by atoms with Gasteiger partial charge in [-0.05, 0) is 64.9 Å². The molecule has 1 heterocycles. The Kier molecular flexibility index (Phi) is 3.96. The van der Waals surface area contributed by atoms with Crippen molar-refractivity contribution in [1.82, 2.24) is 0 Å². The summed E-state index contributed by atoms with van der Waals surface area (Å²) in [5.41, 5.74) is 7.89. The summed E-state index contributed by atoms with van der Waals surface area (Å²) >= 11 is 0.